The lowest BCUT2D eigenvalue weighted by atomic mass is 10.1. The second kappa shape index (κ2) is 10.3. The highest BCUT2D eigenvalue weighted by atomic mass is 35.6. The van der Waals surface area contributed by atoms with Crippen LogP contribution in [0.1, 0.15) is 17.5 Å². The molecule has 0 radical (unpaired) electrons. The first-order chi connectivity index (χ1) is 16.3. The Kier molecular flexibility index (Phi) is 7.44. The van der Waals surface area contributed by atoms with Crippen molar-refractivity contribution in [3.8, 4) is 6.07 Å². The summed E-state index contributed by atoms with van der Waals surface area (Å²) in [5.41, 5.74) is 3.19. The summed E-state index contributed by atoms with van der Waals surface area (Å²) < 4.78 is -1.80. The Morgan fingerprint density at radius 1 is 1.15 bits per heavy atom. The summed E-state index contributed by atoms with van der Waals surface area (Å²) in [5.74, 6) is -0.270. The zero-order chi connectivity index (χ0) is 24.3. The quantitative estimate of drug-likeness (QED) is 0.357. The number of thiocarbonyl (C=S) groups is 1. The maximum Gasteiger partial charge on any atom is 0.228 e. The summed E-state index contributed by atoms with van der Waals surface area (Å²) >= 11 is 24.6. The van der Waals surface area contributed by atoms with Crippen LogP contribution in [-0.4, -0.2) is 44.0 Å². The molecule has 3 aromatic rings. The van der Waals surface area contributed by atoms with Crippen molar-refractivity contribution < 1.29 is 4.79 Å². The molecule has 0 aliphatic carbocycles. The number of benzene rings is 2. The van der Waals surface area contributed by atoms with Crippen molar-refractivity contribution in [1.29, 1.82) is 5.26 Å². The van der Waals surface area contributed by atoms with Crippen LogP contribution < -0.4 is 10.2 Å². The number of nitrogens with one attached hydrogen (secondary N) is 1. The first-order valence-corrected chi connectivity index (χ1v) is 12.1. The van der Waals surface area contributed by atoms with E-state index in [1.165, 1.54) is 0 Å². The minimum atomic E-state index is -1.80. The first-order valence-electron chi connectivity index (χ1n) is 10.5. The van der Waals surface area contributed by atoms with Crippen LogP contribution in [0.15, 0.2) is 60.8 Å². The van der Waals surface area contributed by atoms with Gasteiger partial charge in [-0.25, -0.2) is 0 Å². The predicted octanol–water partition coefficient (Wildman–Crippen LogP) is 4.96. The van der Waals surface area contributed by atoms with Crippen molar-refractivity contribution in [2.75, 3.05) is 18.0 Å². The number of alkyl halides is 3. The highest BCUT2D eigenvalue weighted by molar-refractivity contribution is 7.80. The number of nitriles is 1. The lowest BCUT2D eigenvalue weighted by Gasteiger charge is -2.35. The van der Waals surface area contributed by atoms with Gasteiger partial charge in [0.25, 0.3) is 0 Å². The van der Waals surface area contributed by atoms with E-state index in [9.17, 15) is 4.79 Å². The number of aryl methyl sites for hydroxylation is 1. The van der Waals surface area contributed by atoms with Crippen LogP contribution in [0.25, 0.3) is 10.9 Å². The predicted molar refractivity (Wildman–Crippen MR) is 140 cm³/mol. The molecule has 1 unspecified atom stereocenters. The van der Waals surface area contributed by atoms with Crippen LogP contribution in [-0.2, 0) is 11.2 Å². The number of anilines is 1. The maximum atomic E-state index is 12.8. The minimum absolute atomic E-state index is 0.195. The maximum absolute atomic E-state index is 12.8. The van der Waals surface area contributed by atoms with Gasteiger partial charge in [0.05, 0.1) is 22.8 Å². The number of halogens is 3. The highest BCUT2D eigenvalue weighted by Crippen LogP contribution is 2.36. The van der Waals surface area contributed by atoms with E-state index in [1.54, 1.807) is 23.2 Å². The van der Waals surface area contributed by atoms with Gasteiger partial charge in [0.2, 0.25) is 9.70 Å². The molecule has 1 fully saturated rings. The fourth-order valence-electron chi connectivity index (χ4n) is 3.89. The summed E-state index contributed by atoms with van der Waals surface area (Å²) in [6, 6.07) is 18.9. The summed E-state index contributed by atoms with van der Waals surface area (Å²) in [7, 11) is 0. The average Bonchev–Trinajstić information content (AvgIpc) is 3.20. The normalized spacial score (nSPS) is 14.8. The fourth-order valence-corrected chi connectivity index (χ4v) is 4.79. The molecule has 1 aliphatic heterocycles. The van der Waals surface area contributed by atoms with E-state index in [4.69, 9.17) is 52.3 Å². The number of rotatable bonds is 6. The minimum Gasteiger partial charge on any atom is -0.332 e. The van der Waals surface area contributed by atoms with Crippen LogP contribution in [0.2, 0.25) is 0 Å². The molecule has 1 atom stereocenters. The number of carbonyl (C=O) groups excluding carboxylic acids is 1. The van der Waals surface area contributed by atoms with Crippen LogP contribution in [0.3, 0.4) is 0 Å². The first kappa shape index (κ1) is 24.5. The lowest BCUT2D eigenvalue weighted by Crippen LogP contribution is -2.56. The number of hydrogen-bond acceptors (Lipinski definition) is 4. The Balaban J connectivity index is 1.47. The fraction of sp³-hybridized carbons (Fsp3) is 0.250. The van der Waals surface area contributed by atoms with Gasteiger partial charge in [-0.15, -0.1) is 0 Å². The van der Waals surface area contributed by atoms with Gasteiger partial charge < -0.3 is 15.1 Å². The van der Waals surface area contributed by atoms with E-state index >= 15 is 0 Å². The second-order valence-corrected chi connectivity index (χ2v) is 10.5. The molecule has 34 heavy (non-hydrogen) atoms. The third-order valence-corrected chi connectivity index (χ3v) is 6.66. The van der Waals surface area contributed by atoms with E-state index in [0.29, 0.717) is 30.2 Å². The zero-order valence-electron chi connectivity index (χ0n) is 17.9. The van der Waals surface area contributed by atoms with Crippen molar-refractivity contribution in [1.82, 2.24) is 15.2 Å². The van der Waals surface area contributed by atoms with Crippen LogP contribution >= 0.6 is 47.0 Å². The molecule has 10 heteroatoms. The molecular formula is C24H20Cl3N5OS. The molecule has 1 N–H and O–H groups in total. The number of para-hydroxylation sites is 1. The Hall–Kier alpha value is -2.63. The lowest BCUT2D eigenvalue weighted by molar-refractivity contribution is -0.122. The van der Waals surface area contributed by atoms with Gasteiger partial charge in [0.15, 0.2) is 11.3 Å². The van der Waals surface area contributed by atoms with Crippen LogP contribution in [0, 0.1) is 11.3 Å². The third kappa shape index (κ3) is 5.37. The average molecular weight is 533 g/mol. The second-order valence-electron chi connectivity index (χ2n) is 7.80. The SMILES string of the molecule is N#Cc1ccc(CCC(=O)NC(N2CCN(c3cccc4cccnc34)C2=S)C(Cl)(Cl)Cl)cc1. The summed E-state index contributed by atoms with van der Waals surface area (Å²) in [5, 5.41) is 13.2. The number of pyridine rings is 1. The summed E-state index contributed by atoms with van der Waals surface area (Å²) in [4.78, 5) is 20.9. The Labute approximate surface area is 218 Å². The molecule has 0 spiro atoms. The molecule has 2 aromatic carbocycles. The van der Waals surface area contributed by atoms with E-state index in [2.05, 4.69) is 16.4 Å². The Bertz CT molecular complexity index is 1250. The van der Waals surface area contributed by atoms with E-state index in [0.717, 1.165) is 22.2 Å². The van der Waals surface area contributed by atoms with Gasteiger partial charge in [-0.05, 0) is 48.5 Å². The Morgan fingerprint density at radius 2 is 1.88 bits per heavy atom. The van der Waals surface area contributed by atoms with E-state index in [1.807, 2.05) is 47.4 Å². The number of nitrogens with zero attached hydrogens (tertiary/aromatic N) is 4. The monoisotopic (exact) mass is 531 g/mol. The van der Waals surface area contributed by atoms with Crippen molar-refractivity contribution in [3.63, 3.8) is 0 Å². The number of fused-ring (bicyclic) bond motifs is 1. The van der Waals surface area contributed by atoms with Gasteiger partial charge in [0, 0.05) is 31.1 Å². The molecule has 2 heterocycles. The third-order valence-electron chi connectivity index (χ3n) is 5.59. The van der Waals surface area contributed by atoms with Crippen molar-refractivity contribution >= 4 is 74.6 Å². The molecule has 6 nitrogen and oxygen atoms in total. The molecular weight excluding hydrogens is 513 g/mol. The zero-order valence-corrected chi connectivity index (χ0v) is 21.0. The number of hydrogen-bond donors (Lipinski definition) is 1. The number of amides is 1. The molecule has 1 amide bonds. The van der Waals surface area contributed by atoms with Crippen LogP contribution in [0.5, 0.6) is 0 Å². The molecule has 1 aliphatic rings. The standard InChI is InChI=1S/C24H20Cl3N5OS/c25-24(26,27)22(30-20(33)11-10-16-6-8-17(15-28)9-7-16)32-14-13-31(23(32)34)19-5-1-3-18-4-2-12-29-21(18)19/h1-9,12,22H,10-11,13-14H2,(H,30,33). The number of carbonyl (C=O) groups is 1. The summed E-state index contributed by atoms with van der Waals surface area (Å²) in [6.45, 7) is 1.03. The summed E-state index contributed by atoms with van der Waals surface area (Å²) in [6.07, 6.45) is 1.48. The molecule has 0 bridgehead atoms. The molecule has 1 aromatic heterocycles. The van der Waals surface area contributed by atoms with Crippen molar-refractivity contribution in [2.45, 2.75) is 22.8 Å². The Morgan fingerprint density at radius 3 is 2.59 bits per heavy atom. The molecule has 1 saturated heterocycles. The number of aromatic nitrogens is 1. The largest absolute Gasteiger partial charge is 0.332 e. The van der Waals surface area contributed by atoms with Crippen molar-refractivity contribution in [3.05, 3.63) is 71.9 Å². The van der Waals surface area contributed by atoms with Gasteiger partial charge >= 0.3 is 0 Å². The van der Waals surface area contributed by atoms with Gasteiger partial charge in [-0.2, -0.15) is 5.26 Å². The van der Waals surface area contributed by atoms with Crippen LogP contribution in [0.4, 0.5) is 5.69 Å². The van der Waals surface area contributed by atoms with Gasteiger partial charge in [-0.1, -0.05) is 65.1 Å². The highest BCUT2D eigenvalue weighted by Gasteiger charge is 2.43. The van der Waals surface area contributed by atoms with Gasteiger partial charge in [0.1, 0.15) is 0 Å². The smallest absolute Gasteiger partial charge is 0.228 e. The molecule has 4 rings (SSSR count). The van der Waals surface area contributed by atoms with Gasteiger partial charge in [-0.3, -0.25) is 9.78 Å². The molecule has 174 valence electrons. The molecule has 0 saturated carbocycles. The van der Waals surface area contributed by atoms with E-state index in [-0.39, 0.29) is 12.3 Å². The topological polar surface area (TPSA) is 72.3 Å². The van der Waals surface area contributed by atoms with Crippen molar-refractivity contribution in [2.24, 2.45) is 0 Å². The van der Waals surface area contributed by atoms with E-state index < -0.39 is 9.96 Å².